The minimum atomic E-state index is -0.511. The van der Waals surface area contributed by atoms with Crippen molar-refractivity contribution < 1.29 is 19.1 Å². The Kier molecular flexibility index (Phi) is 5.67. The van der Waals surface area contributed by atoms with Crippen molar-refractivity contribution in [3.8, 4) is 11.5 Å². The molecule has 1 aliphatic heterocycles. The summed E-state index contributed by atoms with van der Waals surface area (Å²) in [4.78, 5) is 24.3. The topological polar surface area (TPSA) is 76.7 Å². The highest BCUT2D eigenvalue weighted by molar-refractivity contribution is 8.00. The average molecular weight is 413 g/mol. The number of benzene rings is 2. The Morgan fingerprint density at radius 1 is 0.931 bits per heavy atom. The molecule has 2 aliphatic rings. The molecule has 2 amide bonds. The van der Waals surface area contributed by atoms with E-state index in [1.54, 1.807) is 0 Å². The summed E-state index contributed by atoms with van der Waals surface area (Å²) >= 11 is 1.44. The number of hydrogen-bond donors (Lipinski definition) is 2. The zero-order chi connectivity index (χ0) is 20.3. The number of carbonyl (C=O) groups is 2. The number of nitrogens with one attached hydrogen (secondary N) is 2. The van der Waals surface area contributed by atoms with Crippen molar-refractivity contribution in [1.29, 1.82) is 0 Å². The van der Waals surface area contributed by atoms with Crippen molar-refractivity contribution in [2.45, 2.75) is 49.7 Å². The molecule has 0 aromatic heterocycles. The second-order valence-electron chi connectivity index (χ2n) is 7.38. The van der Waals surface area contributed by atoms with Gasteiger partial charge in [0.05, 0.1) is 5.75 Å². The molecule has 1 saturated carbocycles. The van der Waals surface area contributed by atoms with E-state index >= 15 is 0 Å². The molecular weight excluding hydrogens is 388 g/mol. The van der Waals surface area contributed by atoms with E-state index in [2.05, 4.69) is 10.6 Å². The maximum absolute atomic E-state index is 12.3. The normalized spacial score (nSPS) is 16.4. The van der Waals surface area contributed by atoms with Gasteiger partial charge in [-0.25, -0.2) is 0 Å². The van der Waals surface area contributed by atoms with Crippen LogP contribution in [0.5, 0.6) is 11.5 Å². The van der Waals surface area contributed by atoms with Crippen LogP contribution in [0.15, 0.2) is 47.4 Å². The lowest BCUT2D eigenvalue weighted by molar-refractivity contribution is -0.114. The first kappa shape index (κ1) is 19.6. The van der Waals surface area contributed by atoms with Gasteiger partial charge in [0, 0.05) is 42.1 Å². The van der Waals surface area contributed by atoms with E-state index in [9.17, 15) is 9.59 Å². The predicted molar refractivity (Wildman–Crippen MR) is 114 cm³/mol. The van der Waals surface area contributed by atoms with E-state index in [-0.39, 0.29) is 17.6 Å². The van der Waals surface area contributed by atoms with Crippen molar-refractivity contribution >= 4 is 35.0 Å². The van der Waals surface area contributed by atoms with Gasteiger partial charge in [-0.15, -0.1) is 11.8 Å². The highest BCUT2D eigenvalue weighted by atomic mass is 32.2. The minimum Gasteiger partial charge on any atom is -0.448 e. The molecule has 29 heavy (non-hydrogen) atoms. The zero-order valence-electron chi connectivity index (χ0n) is 16.3. The van der Waals surface area contributed by atoms with Gasteiger partial charge in [0.15, 0.2) is 11.5 Å². The summed E-state index contributed by atoms with van der Waals surface area (Å²) in [5.74, 6) is 1.03. The second kappa shape index (κ2) is 8.37. The summed E-state index contributed by atoms with van der Waals surface area (Å²) in [6.07, 6.45) is 5.25. The lowest BCUT2D eigenvalue weighted by atomic mass is 9.94. The van der Waals surface area contributed by atoms with Crippen LogP contribution in [-0.2, 0) is 9.59 Å². The number of ether oxygens (including phenoxy) is 2. The Hall–Kier alpha value is -2.67. The largest absolute Gasteiger partial charge is 0.448 e. The molecule has 0 unspecified atom stereocenters. The maximum atomic E-state index is 12.3. The predicted octanol–water partition coefficient (Wildman–Crippen LogP) is 4.81. The van der Waals surface area contributed by atoms with Crippen LogP contribution in [0.1, 0.15) is 39.0 Å². The maximum Gasteiger partial charge on any atom is 0.251 e. The number of carbonyl (C=O) groups excluding carboxylic acids is 2. The van der Waals surface area contributed by atoms with E-state index < -0.39 is 5.79 Å². The lowest BCUT2D eigenvalue weighted by Crippen LogP contribution is -2.40. The summed E-state index contributed by atoms with van der Waals surface area (Å²) in [6.45, 7) is 1.47. The van der Waals surface area contributed by atoms with Crippen LogP contribution in [0.4, 0.5) is 11.4 Å². The van der Waals surface area contributed by atoms with Crippen molar-refractivity contribution in [3.63, 3.8) is 0 Å². The van der Waals surface area contributed by atoms with E-state index in [4.69, 9.17) is 9.47 Å². The Morgan fingerprint density at radius 2 is 1.62 bits per heavy atom. The van der Waals surface area contributed by atoms with Crippen LogP contribution < -0.4 is 20.1 Å². The third kappa shape index (κ3) is 4.85. The molecule has 2 aromatic rings. The van der Waals surface area contributed by atoms with Gasteiger partial charge in [0.2, 0.25) is 11.8 Å². The smallest absolute Gasteiger partial charge is 0.251 e. The average Bonchev–Trinajstić information content (AvgIpc) is 3.04. The molecule has 1 spiro atoms. The van der Waals surface area contributed by atoms with Gasteiger partial charge in [-0.3, -0.25) is 9.59 Å². The quantitative estimate of drug-likeness (QED) is 0.690. The third-order valence-corrected chi connectivity index (χ3v) is 5.99. The van der Waals surface area contributed by atoms with E-state index in [1.807, 2.05) is 42.5 Å². The van der Waals surface area contributed by atoms with Crippen LogP contribution in [0.3, 0.4) is 0 Å². The van der Waals surface area contributed by atoms with Gasteiger partial charge in [-0.2, -0.15) is 0 Å². The van der Waals surface area contributed by atoms with Gasteiger partial charge in [0.1, 0.15) is 0 Å². The van der Waals surface area contributed by atoms with Crippen LogP contribution >= 0.6 is 11.8 Å². The molecule has 152 valence electrons. The monoisotopic (exact) mass is 412 g/mol. The molecule has 1 aliphatic carbocycles. The fourth-order valence-electron chi connectivity index (χ4n) is 3.65. The highest BCUT2D eigenvalue weighted by Gasteiger charge is 2.42. The molecule has 0 radical (unpaired) electrons. The Morgan fingerprint density at radius 3 is 2.34 bits per heavy atom. The summed E-state index contributed by atoms with van der Waals surface area (Å²) in [5.41, 5.74) is 1.44. The van der Waals surface area contributed by atoms with Gasteiger partial charge in [0.25, 0.3) is 5.79 Å². The van der Waals surface area contributed by atoms with Gasteiger partial charge >= 0.3 is 0 Å². The van der Waals surface area contributed by atoms with Crippen LogP contribution in [0.2, 0.25) is 0 Å². The number of rotatable bonds is 5. The van der Waals surface area contributed by atoms with E-state index in [1.165, 1.54) is 25.1 Å². The third-order valence-electron chi connectivity index (χ3n) is 4.98. The Bertz CT molecular complexity index is 908. The Labute approximate surface area is 174 Å². The SMILES string of the molecule is CC(=O)Nc1ccc(SCC(=O)Nc2ccc3c(c2)OC2(CCCCC2)O3)cc1. The number of hydrogen-bond acceptors (Lipinski definition) is 5. The first-order valence-corrected chi connectivity index (χ1v) is 10.8. The number of amides is 2. The van der Waals surface area contributed by atoms with Gasteiger partial charge in [-0.1, -0.05) is 6.42 Å². The molecule has 0 saturated heterocycles. The van der Waals surface area contributed by atoms with Gasteiger partial charge < -0.3 is 20.1 Å². The van der Waals surface area contributed by atoms with Crippen molar-refractivity contribution in [1.82, 2.24) is 0 Å². The molecule has 2 aromatic carbocycles. The van der Waals surface area contributed by atoms with E-state index in [0.29, 0.717) is 11.4 Å². The molecule has 4 rings (SSSR count). The molecular formula is C22H24N2O4S. The molecule has 0 bridgehead atoms. The molecule has 2 N–H and O–H groups in total. The van der Waals surface area contributed by atoms with E-state index in [0.717, 1.165) is 42.0 Å². The molecule has 1 heterocycles. The van der Waals surface area contributed by atoms with Crippen LogP contribution in [0.25, 0.3) is 0 Å². The summed E-state index contributed by atoms with van der Waals surface area (Å²) in [7, 11) is 0. The molecule has 7 heteroatoms. The van der Waals surface area contributed by atoms with Crippen molar-refractivity contribution in [2.75, 3.05) is 16.4 Å². The number of fused-ring (bicyclic) bond motifs is 1. The number of anilines is 2. The highest BCUT2D eigenvalue weighted by Crippen LogP contribution is 2.46. The first-order valence-electron chi connectivity index (χ1n) is 9.84. The summed E-state index contributed by atoms with van der Waals surface area (Å²) < 4.78 is 12.2. The summed E-state index contributed by atoms with van der Waals surface area (Å²) in [5, 5.41) is 5.64. The van der Waals surface area contributed by atoms with Crippen LogP contribution in [-0.4, -0.2) is 23.4 Å². The second-order valence-corrected chi connectivity index (χ2v) is 8.43. The summed E-state index contributed by atoms with van der Waals surface area (Å²) in [6, 6.07) is 12.9. The van der Waals surface area contributed by atoms with Crippen LogP contribution in [0, 0.1) is 0 Å². The molecule has 1 fully saturated rings. The van der Waals surface area contributed by atoms with Gasteiger partial charge in [-0.05, 0) is 49.2 Å². The fourth-order valence-corrected chi connectivity index (χ4v) is 4.35. The molecule has 0 atom stereocenters. The Balaban J connectivity index is 1.30. The lowest BCUT2D eigenvalue weighted by Gasteiger charge is -2.31. The minimum absolute atomic E-state index is 0.0906. The number of thioether (sulfide) groups is 1. The first-order chi connectivity index (χ1) is 14.0. The fraction of sp³-hybridized carbons (Fsp3) is 0.364. The molecule has 6 nitrogen and oxygen atoms in total. The van der Waals surface area contributed by atoms with Crippen molar-refractivity contribution in [3.05, 3.63) is 42.5 Å². The van der Waals surface area contributed by atoms with Crippen molar-refractivity contribution in [2.24, 2.45) is 0 Å². The standard InChI is InChI=1S/C22H24N2O4S/c1-15(25)23-16-5-8-18(9-6-16)29-14-21(26)24-17-7-10-19-20(13-17)28-22(27-19)11-3-2-4-12-22/h5-10,13H,2-4,11-12,14H2,1H3,(H,23,25)(H,24,26). The zero-order valence-corrected chi connectivity index (χ0v) is 17.1.